The van der Waals surface area contributed by atoms with E-state index < -0.39 is 10.8 Å². The fourth-order valence-electron chi connectivity index (χ4n) is 3.32. The molecule has 11 heteroatoms. The number of hydrogen-bond donors (Lipinski definition) is 1. The lowest BCUT2D eigenvalue weighted by molar-refractivity contribution is -0.384. The Kier molecular flexibility index (Phi) is 7.91. The Balaban J connectivity index is 1.46. The van der Waals surface area contributed by atoms with E-state index in [0.717, 1.165) is 4.70 Å². The highest BCUT2D eigenvalue weighted by Crippen LogP contribution is 2.37. The number of thiophene rings is 1. The van der Waals surface area contributed by atoms with Crippen LogP contribution in [0.4, 0.5) is 10.1 Å². The Hall–Kier alpha value is -3.83. The van der Waals surface area contributed by atoms with Crippen molar-refractivity contribution in [2.45, 2.75) is 13.5 Å². The molecule has 0 aliphatic carbocycles. The zero-order chi connectivity index (χ0) is 25.7. The van der Waals surface area contributed by atoms with E-state index in [0.29, 0.717) is 44.0 Å². The molecule has 0 spiro atoms. The molecule has 1 heterocycles. The molecular weight excluding hydrogens is 553 g/mol. The maximum atomic E-state index is 13.4. The third-order valence-electron chi connectivity index (χ3n) is 4.92. The van der Waals surface area contributed by atoms with Gasteiger partial charge in [0, 0.05) is 22.2 Å². The van der Waals surface area contributed by atoms with E-state index in [2.05, 4.69) is 26.5 Å². The van der Waals surface area contributed by atoms with Crippen molar-refractivity contribution in [3.8, 4) is 11.5 Å². The fraction of sp³-hybridized carbons (Fsp3) is 0.120. The minimum absolute atomic E-state index is 0.0377. The smallest absolute Gasteiger partial charge is 0.281 e. The number of non-ortho nitro benzene ring substituents is 1. The second-order valence-electron chi connectivity index (χ2n) is 7.47. The van der Waals surface area contributed by atoms with Crippen molar-refractivity contribution in [2.75, 3.05) is 6.61 Å². The molecule has 1 aromatic heterocycles. The molecule has 8 nitrogen and oxygen atoms in total. The maximum Gasteiger partial charge on any atom is 0.281 e. The zero-order valence-corrected chi connectivity index (χ0v) is 21.3. The van der Waals surface area contributed by atoms with Crippen molar-refractivity contribution in [3.63, 3.8) is 0 Å². The molecule has 1 amide bonds. The molecule has 4 aromatic rings. The largest absolute Gasteiger partial charge is 0.490 e. The summed E-state index contributed by atoms with van der Waals surface area (Å²) >= 11 is 4.69. The summed E-state index contributed by atoms with van der Waals surface area (Å²) in [4.78, 5) is 23.4. The lowest BCUT2D eigenvalue weighted by Gasteiger charge is -2.14. The molecule has 184 valence electrons. The highest BCUT2D eigenvalue weighted by molar-refractivity contribution is 9.10. The second kappa shape index (κ2) is 11.3. The Morgan fingerprint density at radius 1 is 1.19 bits per heavy atom. The quantitative estimate of drug-likeness (QED) is 0.141. The molecule has 0 saturated heterocycles. The van der Waals surface area contributed by atoms with E-state index in [9.17, 15) is 19.3 Å². The predicted octanol–water partition coefficient (Wildman–Crippen LogP) is 6.45. The van der Waals surface area contributed by atoms with Gasteiger partial charge in [-0.2, -0.15) is 5.10 Å². The van der Waals surface area contributed by atoms with Gasteiger partial charge in [0.25, 0.3) is 11.6 Å². The van der Waals surface area contributed by atoms with Gasteiger partial charge in [-0.1, -0.05) is 12.1 Å². The summed E-state index contributed by atoms with van der Waals surface area (Å²) in [5.74, 6) is 0.142. The van der Waals surface area contributed by atoms with E-state index in [1.807, 2.05) is 6.92 Å². The standard InChI is InChI=1S/C25H19BrFN3O5S/c1-2-34-21-10-16(9-20(26)24(21)35-14-15-4-3-5-18(27)8-15)13-28-29-25(31)23-12-17-11-19(30(32)33)6-7-22(17)36-23/h3-13H,2,14H2,1H3,(H,29,31)/b28-13-. The zero-order valence-electron chi connectivity index (χ0n) is 18.9. The number of rotatable bonds is 9. The van der Waals surface area contributed by atoms with Crippen LogP contribution in [0.2, 0.25) is 0 Å². The van der Waals surface area contributed by atoms with Crippen LogP contribution in [0.15, 0.2) is 70.2 Å². The lowest BCUT2D eigenvalue weighted by Crippen LogP contribution is -2.16. The van der Waals surface area contributed by atoms with Gasteiger partial charge in [-0.15, -0.1) is 11.3 Å². The van der Waals surface area contributed by atoms with Gasteiger partial charge in [0.2, 0.25) is 0 Å². The maximum absolute atomic E-state index is 13.4. The number of nitrogens with one attached hydrogen (secondary N) is 1. The first-order valence-electron chi connectivity index (χ1n) is 10.7. The molecule has 0 fully saturated rings. The van der Waals surface area contributed by atoms with Crippen LogP contribution in [-0.4, -0.2) is 23.7 Å². The summed E-state index contributed by atoms with van der Waals surface area (Å²) in [7, 11) is 0. The molecule has 0 aliphatic rings. The number of nitrogens with zero attached hydrogens (tertiary/aromatic N) is 2. The van der Waals surface area contributed by atoms with Crippen LogP contribution in [0.5, 0.6) is 11.5 Å². The first-order valence-corrected chi connectivity index (χ1v) is 12.3. The number of carbonyl (C=O) groups is 1. The summed E-state index contributed by atoms with van der Waals surface area (Å²) in [6, 6.07) is 15.6. The highest BCUT2D eigenvalue weighted by atomic mass is 79.9. The van der Waals surface area contributed by atoms with Gasteiger partial charge in [-0.25, -0.2) is 9.82 Å². The summed E-state index contributed by atoms with van der Waals surface area (Å²) < 4.78 is 26.4. The van der Waals surface area contributed by atoms with Gasteiger partial charge in [0.15, 0.2) is 11.5 Å². The van der Waals surface area contributed by atoms with Crippen molar-refractivity contribution in [3.05, 3.63) is 97.1 Å². The Morgan fingerprint density at radius 2 is 2.03 bits per heavy atom. The average molecular weight is 572 g/mol. The highest BCUT2D eigenvalue weighted by Gasteiger charge is 2.14. The summed E-state index contributed by atoms with van der Waals surface area (Å²) in [5.41, 5.74) is 3.74. The Bertz CT molecular complexity index is 1470. The van der Waals surface area contributed by atoms with Gasteiger partial charge in [0.05, 0.1) is 27.1 Å². The number of hydrogen-bond acceptors (Lipinski definition) is 7. The molecule has 3 aromatic carbocycles. The van der Waals surface area contributed by atoms with Crippen LogP contribution in [0.1, 0.15) is 27.7 Å². The van der Waals surface area contributed by atoms with Gasteiger partial charge in [0.1, 0.15) is 12.4 Å². The number of carbonyl (C=O) groups excluding carboxylic acids is 1. The van der Waals surface area contributed by atoms with Crippen molar-refractivity contribution >= 4 is 55.2 Å². The van der Waals surface area contributed by atoms with Gasteiger partial charge in [-0.05, 0) is 70.4 Å². The van der Waals surface area contributed by atoms with E-state index >= 15 is 0 Å². The van der Waals surface area contributed by atoms with E-state index in [-0.39, 0.29) is 18.1 Å². The van der Waals surface area contributed by atoms with Gasteiger partial charge >= 0.3 is 0 Å². The van der Waals surface area contributed by atoms with E-state index in [1.165, 1.54) is 41.8 Å². The number of nitro groups is 1. The number of fused-ring (bicyclic) bond motifs is 1. The van der Waals surface area contributed by atoms with E-state index in [4.69, 9.17) is 9.47 Å². The summed E-state index contributed by atoms with van der Waals surface area (Å²) in [5, 5.41) is 15.6. The van der Waals surface area contributed by atoms with Crippen LogP contribution in [0.25, 0.3) is 10.1 Å². The number of halogens is 2. The molecule has 0 unspecified atom stereocenters. The molecule has 0 aliphatic heterocycles. The van der Waals surface area contributed by atoms with Crippen molar-refractivity contribution < 1.29 is 23.6 Å². The molecular formula is C25H19BrFN3O5S. The fourth-order valence-corrected chi connectivity index (χ4v) is 4.83. The summed E-state index contributed by atoms with van der Waals surface area (Å²) in [6.07, 6.45) is 1.46. The first kappa shape index (κ1) is 25.3. The van der Waals surface area contributed by atoms with Gasteiger partial charge < -0.3 is 9.47 Å². The number of nitro benzene ring substituents is 1. The van der Waals surface area contributed by atoms with Crippen molar-refractivity contribution in [2.24, 2.45) is 5.10 Å². The minimum atomic E-state index is -0.479. The van der Waals surface area contributed by atoms with Gasteiger partial charge in [-0.3, -0.25) is 14.9 Å². The lowest BCUT2D eigenvalue weighted by atomic mass is 10.2. The van der Waals surface area contributed by atoms with Crippen LogP contribution >= 0.6 is 27.3 Å². The Morgan fingerprint density at radius 3 is 2.78 bits per heavy atom. The predicted molar refractivity (Wildman–Crippen MR) is 140 cm³/mol. The second-order valence-corrected chi connectivity index (χ2v) is 9.41. The molecule has 4 rings (SSSR count). The normalized spacial score (nSPS) is 11.1. The topological polar surface area (TPSA) is 103 Å². The van der Waals surface area contributed by atoms with Crippen molar-refractivity contribution in [1.82, 2.24) is 5.43 Å². The Labute approximate surface area is 217 Å². The molecule has 36 heavy (non-hydrogen) atoms. The molecule has 1 N–H and O–H groups in total. The van der Waals surface area contributed by atoms with E-state index in [1.54, 1.807) is 36.4 Å². The molecule has 0 atom stereocenters. The number of amides is 1. The van der Waals surface area contributed by atoms with Crippen LogP contribution in [0.3, 0.4) is 0 Å². The molecule has 0 radical (unpaired) electrons. The number of ether oxygens (including phenoxy) is 2. The van der Waals surface area contributed by atoms with Crippen LogP contribution < -0.4 is 14.9 Å². The average Bonchev–Trinajstić information content (AvgIpc) is 3.27. The number of benzene rings is 3. The molecule has 0 bridgehead atoms. The van der Waals surface area contributed by atoms with Crippen LogP contribution in [0, 0.1) is 15.9 Å². The monoisotopic (exact) mass is 571 g/mol. The molecule has 0 saturated carbocycles. The third-order valence-corrected chi connectivity index (χ3v) is 6.62. The number of hydrazone groups is 1. The van der Waals surface area contributed by atoms with Crippen molar-refractivity contribution in [1.29, 1.82) is 0 Å². The minimum Gasteiger partial charge on any atom is -0.490 e. The summed E-state index contributed by atoms with van der Waals surface area (Å²) in [6.45, 7) is 2.38. The van der Waals surface area contributed by atoms with Crippen LogP contribution in [-0.2, 0) is 6.61 Å². The third kappa shape index (κ3) is 6.04. The first-order chi connectivity index (χ1) is 17.3. The SMILES string of the molecule is CCOc1cc(/C=N\NC(=O)c2cc3cc([N+](=O)[O-])ccc3s2)cc(Br)c1OCc1cccc(F)c1.